The van der Waals surface area contributed by atoms with Crippen molar-refractivity contribution in [1.29, 1.82) is 0 Å². The lowest BCUT2D eigenvalue weighted by Gasteiger charge is -2.24. The van der Waals surface area contributed by atoms with E-state index in [9.17, 15) is 4.79 Å². The molecule has 1 aliphatic rings. The molecule has 1 fully saturated rings. The van der Waals surface area contributed by atoms with Gasteiger partial charge in [0.1, 0.15) is 11.6 Å². The quantitative estimate of drug-likeness (QED) is 0.751. The minimum absolute atomic E-state index is 0.104. The first kappa shape index (κ1) is 10.2. The molecule has 2 rings (SSSR count). The molecule has 0 aliphatic carbocycles. The molecule has 1 aromatic heterocycles. The van der Waals surface area contributed by atoms with E-state index in [0.717, 1.165) is 13.0 Å². The van der Waals surface area contributed by atoms with Gasteiger partial charge in [0, 0.05) is 12.7 Å². The van der Waals surface area contributed by atoms with Crippen molar-refractivity contribution in [2.75, 3.05) is 18.5 Å². The first-order valence-corrected chi connectivity index (χ1v) is 5.01. The summed E-state index contributed by atoms with van der Waals surface area (Å²) in [5.74, 6) is 1.23. The van der Waals surface area contributed by atoms with E-state index >= 15 is 0 Å². The second-order valence-electron chi connectivity index (χ2n) is 4.20. The number of H-pyrrole nitrogens is 1. The van der Waals surface area contributed by atoms with Gasteiger partial charge in [-0.15, -0.1) is 0 Å². The first-order valence-electron chi connectivity index (χ1n) is 5.01. The maximum absolute atomic E-state index is 11.2. The monoisotopic (exact) mass is 209 g/mol. The highest BCUT2D eigenvalue weighted by Crippen LogP contribution is 2.21. The lowest BCUT2D eigenvalue weighted by Crippen LogP contribution is -2.35. The molecular formula is C10H15N3O2. The summed E-state index contributed by atoms with van der Waals surface area (Å²) in [6.07, 6.45) is 0.931. The number of aryl methyl sites for hydroxylation is 1. The molecule has 0 saturated carbocycles. The molecule has 1 aliphatic heterocycles. The number of rotatable bonds is 2. The zero-order valence-corrected chi connectivity index (χ0v) is 8.96. The van der Waals surface area contributed by atoms with Gasteiger partial charge in [-0.1, -0.05) is 0 Å². The van der Waals surface area contributed by atoms with Crippen molar-refractivity contribution in [3.63, 3.8) is 0 Å². The van der Waals surface area contributed by atoms with Gasteiger partial charge in [-0.3, -0.25) is 4.79 Å². The van der Waals surface area contributed by atoms with E-state index < -0.39 is 0 Å². The highest BCUT2D eigenvalue weighted by Gasteiger charge is 2.29. The van der Waals surface area contributed by atoms with Crippen molar-refractivity contribution in [3.8, 4) is 0 Å². The van der Waals surface area contributed by atoms with Crippen molar-refractivity contribution < 1.29 is 4.74 Å². The Kier molecular flexibility index (Phi) is 2.48. The second-order valence-corrected chi connectivity index (χ2v) is 4.20. The fourth-order valence-electron chi connectivity index (χ4n) is 1.72. The van der Waals surface area contributed by atoms with Gasteiger partial charge in [-0.2, -0.15) is 0 Å². The van der Waals surface area contributed by atoms with Gasteiger partial charge in [0.05, 0.1) is 12.1 Å². The highest BCUT2D eigenvalue weighted by molar-refractivity contribution is 5.36. The van der Waals surface area contributed by atoms with E-state index in [1.807, 2.05) is 0 Å². The van der Waals surface area contributed by atoms with E-state index in [-0.39, 0.29) is 11.1 Å². The van der Waals surface area contributed by atoms with Crippen LogP contribution >= 0.6 is 0 Å². The molecule has 1 aromatic rings. The summed E-state index contributed by atoms with van der Waals surface area (Å²) in [4.78, 5) is 18.1. The van der Waals surface area contributed by atoms with Crippen LogP contribution in [0.25, 0.3) is 0 Å². The molecule has 2 heterocycles. The molecule has 1 unspecified atom stereocenters. The van der Waals surface area contributed by atoms with Gasteiger partial charge in [-0.25, -0.2) is 4.98 Å². The summed E-state index contributed by atoms with van der Waals surface area (Å²) in [6.45, 7) is 5.24. The number of aromatic nitrogens is 2. The number of aromatic amines is 1. The molecule has 5 nitrogen and oxygen atoms in total. The Balaban J connectivity index is 2.20. The number of anilines is 1. The number of hydrogen-bond acceptors (Lipinski definition) is 4. The van der Waals surface area contributed by atoms with Crippen LogP contribution in [0.5, 0.6) is 0 Å². The third-order valence-electron chi connectivity index (χ3n) is 2.51. The molecule has 15 heavy (non-hydrogen) atoms. The molecule has 0 bridgehead atoms. The zero-order chi connectivity index (χ0) is 10.9. The fraction of sp³-hybridized carbons (Fsp3) is 0.600. The van der Waals surface area contributed by atoms with Crippen LogP contribution in [0.3, 0.4) is 0 Å². The second kappa shape index (κ2) is 3.66. The van der Waals surface area contributed by atoms with E-state index in [2.05, 4.69) is 22.2 Å². The number of ether oxygens (including phenoxy) is 1. The number of nitrogens with zero attached hydrogens (tertiary/aromatic N) is 1. The van der Waals surface area contributed by atoms with Crippen LogP contribution in [0.15, 0.2) is 10.9 Å². The standard InChI is InChI=1S/C10H15N3O2/c1-7-11-8(5-9(14)12-7)13-10(2)3-4-15-6-10/h5H,3-4,6H2,1-2H3,(H2,11,12,13,14). The predicted octanol–water partition coefficient (Wildman–Crippen LogP) is 0.669. The van der Waals surface area contributed by atoms with Gasteiger partial charge in [-0.05, 0) is 20.3 Å². The molecule has 0 spiro atoms. The molecule has 2 N–H and O–H groups in total. The molecule has 82 valence electrons. The van der Waals surface area contributed by atoms with Crippen molar-refractivity contribution in [2.45, 2.75) is 25.8 Å². The number of nitrogens with one attached hydrogen (secondary N) is 2. The maximum Gasteiger partial charge on any atom is 0.252 e. The third kappa shape index (κ3) is 2.36. The van der Waals surface area contributed by atoms with Crippen LogP contribution in [0.2, 0.25) is 0 Å². The molecular weight excluding hydrogens is 194 g/mol. The summed E-state index contributed by atoms with van der Waals surface area (Å²) in [5.41, 5.74) is -0.236. The zero-order valence-electron chi connectivity index (χ0n) is 8.96. The van der Waals surface area contributed by atoms with Gasteiger partial charge >= 0.3 is 0 Å². The summed E-state index contributed by atoms with van der Waals surface area (Å²) < 4.78 is 5.32. The van der Waals surface area contributed by atoms with E-state index in [0.29, 0.717) is 18.2 Å². The van der Waals surface area contributed by atoms with Crippen LogP contribution in [-0.4, -0.2) is 28.7 Å². The summed E-state index contributed by atoms with van der Waals surface area (Å²) in [7, 11) is 0. The molecule has 5 heteroatoms. The van der Waals surface area contributed by atoms with Crippen molar-refractivity contribution in [1.82, 2.24) is 9.97 Å². The largest absolute Gasteiger partial charge is 0.379 e. The normalized spacial score (nSPS) is 25.5. The number of hydrogen-bond donors (Lipinski definition) is 2. The Labute approximate surface area is 87.9 Å². The average molecular weight is 209 g/mol. The molecule has 0 aromatic carbocycles. The molecule has 0 radical (unpaired) electrons. The third-order valence-corrected chi connectivity index (χ3v) is 2.51. The predicted molar refractivity (Wildman–Crippen MR) is 57.1 cm³/mol. The van der Waals surface area contributed by atoms with Crippen LogP contribution in [0, 0.1) is 6.92 Å². The molecule has 0 amide bonds. The first-order chi connectivity index (χ1) is 7.07. The van der Waals surface area contributed by atoms with E-state index in [1.165, 1.54) is 6.07 Å². The Morgan fingerprint density at radius 3 is 3.07 bits per heavy atom. The Morgan fingerprint density at radius 2 is 2.47 bits per heavy atom. The minimum atomic E-state index is -0.132. The van der Waals surface area contributed by atoms with Crippen LogP contribution < -0.4 is 10.9 Å². The summed E-state index contributed by atoms with van der Waals surface area (Å²) >= 11 is 0. The van der Waals surface area contributed by atoms with Crippen LogP contribution in [0.4, 0.5) is 5.82 Å². The average Bonchev–Trinajstić information content (AvgIpc) is 2.49. The SMILES string of the molecule is Cc1nc(NC2(C)CCOC2)cc(=O)[nH]1. The van der Waals surface area contributed by atoms with Gasteiger partial charge < -0.3 is 15.0 Å². The van der Waals surface area contributed by atoms with Crippen molar-refractivity contribution >= 4 is 5.82 Å². The van der Waals surface area contributed by atoms with Crippen LogP contribution in [-0.2, 0) is 4.74 Å². The summed E-state index contributed by atoms with van der Waals surface area (Å²) in [5, 5.41) is 3.24. The van der Waals surface area contributed by atoms with Gasteiger partial charge in [0.2, 0.25) is 0 Å². The fourth-order valence-corrected chi connectivity index (χ4v) is 1.72. The smallest absolute Gasteiger partial charge is 0.252 e. The van der Waals surface area contributed by atoms with Crippen LogP contribution in [0.1, 0.15) is 19.2 Å². The van der Waals surface area contributed by atoms with Gasteiger partial charge in [0.25, 0.3) is 5.56 Å². The van der Waals surface area contributed by atoms with E-state index in [4.69, 9.17) is 4.74 Å². The lowest BCUT2D eigenvalue weighted by molar-refractivity contribution is 0.185. The molecule has 1 atom stereocenters. The van der Waals surface area contributed by atoms with E-state index in [1.54, 1.807) is 6.92 Å². The topological polar surface area (TPSA) is 67.0 Å². The van der Waals surface area contributed by atoms with Gasteiger partial charge in [0.15, 0.2) is 0 Å². The Bertz CT molecular complexity index is 407. The lowest BCUT2D eigenvalue weighted by atomic mass is 10.0. The molecule has 1 saturated heterocycles. The summed E-state index contributed by atoms with van der Waals surface area (Å²) in [6, 6.07) is 1.47. The Hall–Kier alpha value is -1.36. The minimum Gasteiger partial charge on any atom is -0.379 e. The van der Waals surface area contributed by atoms with Crippen molar-refractivity contribution in [3.05, 3.63) is 22.2 Å². The van der Waals surface area contributed by atoms with Crippen molar-refractivity contribution in [2.24, 2.45) is 0 Å². The maximum atomic E-state index is 11.2. The Morgan fingerprint density at radius 1 is 1.67 bits per heavy atom. The highest BCUT2D eigenvalue weighted by atomic mass is 16.5.